The van der Waals surface area contributed by atoms with Gasteiger partial charge in [0.2, 0.25) is 5.82 Å². The topological polar surface area (TPSA) is 96.7 Å². The fraction of sp³-hybridized carbons (Fsp3) is 0.211. The molecule has 3 rings (SSSR count). The van der Waals surface area contributed by atoms with E-state index < -0.39 is 5.91 Å². The van der Waals surface area contributed by atoms with Gasteiger partial charge in [-0.2, -0.15) is 0 Å². The van der Waals surface area contributed by atoms with Crippen LogP contribution in [-0.4, -0.2) is 20.9 Å². The number of hydrogen-bond acceptors (Lipinski definition) is 4. The maximum Gasteiger partial charge on any atom is 0.293 e. The van der Waals surface area contributed by atoms with Crippen LogP contribution in [0.3, 0.4) is 0 Å². The van der Waals surface area contributed by atoms with Gasteiger partial charge in [-0.05, 0) is 35.2 Å². The van der Waals surface area contributed by atoms with E-state index in [0.717, 1.165) is 16.5 Å². The lowest BCUT2D eigenvalue weighted by Gasteiger charge is -2.17. The molecule has 3 aromatic rings. The summed E-state index contributed by atoms with van der Waals surface area (Å²) in [4.78, 5) is 24.0. The van der Waals surface area contributed by atoms with Gasteiger partial charge in [0.15, 0.2) is 0 Å². The minimum Gasteiger partial charge on any atom is -0.383 e. The lowest BCUT2D eigenvalue weighted by Crippen LogP contribution is -2.17. The number of nitrogen functional groups attached to an aromatic ring is 1. The standard InChI is InChI=1S/C19H19N5O/c1-5-11-6-8-12(9-7-11)22-18(25)17-23-15(20)14-13(19(2,3)4)10-21-16(14)24-17/h1,6-10H,2-4H3,(H,22,25)(H3,20,21,23,24). The molecule has 2 heterocycles. The monoisotopic (exact) mass is 333 g/mol. The van der Waals surface area contributed by atoms with Crippen LogP contribution in [0, 0.1) is 12.3 Å². The van der Waals surface area contributed by atoms with Gasteiger partial charge in [0.1, 0.15) is 11.5 Å². The van der Waals surface area contributed by atoms with Gasteiger partial charge in [-0.3, -0.25) is 4.79 Å². The summed E-state index contributed by atoms with van der Waals surface area (Å²) in [6, 6.07) is 6.94. The molecule has 2 aromatic heterocycles. The summed E-state index contributed by atoms with van der Waals surface area (Å²) in [5, 5.41) is 3.49. The highest BCUT2D eigenvalue weighted by atomic mass is 16.2. The fourth-order valence-electron chi connectivity index (χ4n) is 2.59. The number of nitrogens with zero attached hydrogens (tertiary/aromatic N) is 2. The van der Waals surface area contributed by atoms with Crippen LogP contribution < -0.4 is 11.1 Å². The number of hydrogen-bond donors (Lipinski definition) is 3. The van der Waals surface area contributed by atoms with E-state index in [9.17, 15) is 4.79 Å². The van der Waals surface area contributed by atoms with Crippen LogP contribution in [0.4, 0.5) is 11.5 Å². The van der Waals surface area contributed by atoms with E-state index in [1.807, 2.05) is 6.20 Å². The lowest BCUT2D eigenvalue weighted by atomic mass is 9.87. The van der Waals surface area contributed by atoms with Crippen molar-refractivity contribution in [1.29, 1.82) is 0 Å². The van der Waals surface area contributed by atoms with Gasteiger partial charge in [0.05, 0.1) is 5.39 Å². The number of anilines is 2. The zero-order valence-corrected chi connectivity index (χ0v) is 14.3. The average Bonchev–Trinajstić information content (AvgIpc) is 3.00. The first-order valence-electron chi connectivity index (χ1n) is 7.82. The Morgan fingerprint density at radius 1 is 1.24 bits per heavy atom. The number of nitrogens with two attached hydrogens (primary N) is 1. The summed E-state index contributed by atoms with van der Waals surface area (Å²) in [5.41, 5.74) is 8.88. The summed E-state index contributed by atoms with van der Waals surface area (Å²) in [7, 11) is 0. The third-order valence-electron chi connectivity index (χ3n) is 3.88. The molecule has 25 heavy (non-hydrogen) atoms. The molecule has 1 aromatic carbocycles. The van der Waals surface area contributed by atoms with E-state index in [1.165, 1.54) is 0 Å². The van der Waals surface area contributed by atoms with Crippen molar-refractivity contribution in [3.05, 3.63) is 47.4 Å². The van der Waals surface area contributed by atoms with Crippen LogP contribution in [0.25, 0.3) is 11.0 Å². The average molecular weight is 333 g/mol. The largest absolute Gasteiger partial charge is 0.383 e. The van der Waals surface area contributed by atoms with Crippen LogP contribution in [0.5, 0.6) is 0 Å². The van der Waals surface area contributed by atoms with E-state index in [1.54, 1.807) is 24.3 Å². The van der Waals surface area contributed by atoms with Gasteiger partial charge in [-0.1, -0.05) is 26.7 Å². The van der Waals surface area contributed by atoms with Gasteiger partial charge >= 0.3 is 0 Å². The summed E-state index contributed by atoms with van der Waals surface area (Å²) in [6.07, 6.45) is 7.18. The molecule has 0 saturated heterocycles. The maximum atomic E-state index is 12.4. The third kappa shape index (κ3) is 3.17. The van der Waals surface area contributed by atoms with Crippen molar-refractivity contribution in [2.24, 2.45) is 0 Å². The molecule has 0 aliphatic carbocycles. The van der Waals surface area contributed by atoms with Gasteiger partial charge in [-0.25, -0.2) is 9.97 Å². The predicted octanol–water partition coefficient (Wildman–Crippen LogP) is 3.07. The molecule has 0 bridgehead atoms. The zero-order valence-electron chi connectivity index (χ0n) is 14.3. The van der Waals surface area contributed by atoms with E-state index in [4.69, 9.17) is 12.2 Å². The smallest absolute Gasteiger partial charge is 0.293 e. The quantitative estimate of drug-likeness (QED) is 0.628. The highest BCUT2D eigenvalue weighted by molar-refractivity contribution is 6.03. The van der Waals surface area contributed by atoms with Crippen molar-refractivity contribution in [3.8, 4) is 12.3 Å². The number of amides is 1. The van der Waals surface area contributed by atoms with Crippen LogP contribution >= 0.6 is 0 Å². The van der Waals surface area contributed by atoms with Crippen molar-refractivity contribution in [1.82, 2.24) is 15.0 Å². The Labute approximate surface area is 145 Å². The Kier molecular flexibility index (Phi) is 3.93. The Morgan fingerprint density at radius 3 is 2.52 bits per heavy atom. The van der Waals surface area contributed by atoms with E-state index in [0.29, 0.717) is 11.3 Å². The minimum atomic E-state index is -0.436. The molecule has 0 atom stereocenters. The second-order valence-electron chi connectivity index (χ2n) is 6.78. The Morgan fingerprint density at radius 2 is 1.92 bits per heavy atom. The SMILES string of the molecule is C#Cc1ccc(NC(=O)c2nc(N)c3c(C(C)(C)C)c[nH]c3n2)cc1. The second kappa shape index (κ2) is 5.95. The maximum absolute atomic E-state index is 12.4. The molecule has 0 saturated carbocycles. The van der Waals surface area contributed by atoms with Crippen LogP contribution in [0.15, 0.2) is 30.5 Å². The number of H-pyrrole nitrogens is 1. The molecule has 0 spiro atoms. The third-order valence-corrected chi connectivity index (χ3v) is 3.88. The molecular formula is C19H19N5O. The first-order chi connectivity index (χ1) is 11.8. The number of benzene rings is 1. The van der Waals surface area contributed by atoms with E-state index in [2.05, 4.69) is 47.0 Å². The first kappa shape index (κ1) is 16.5. The molecule has 0 radical (unpaired) electrons. The van der Waals surface area contributed by atoms with Crippen LogP contribution in [-0.2, 0) is 5.41 Å². The number of aromatic nitrogens is 3. The second-order valence-corrected chi connectivity index (χ2v) is 6.78. The Bertz CT molecular complexity index is 988. The molecule has 0 aliphatic heterocycles. The van der Waals surface area contributed by atoms with E-state index >= 15 is 0 Å². The minimum absolute atomic E-state index is 0.00772. The first-order valence-corrected chi connectivity index (χ1v) is 7.82. The molecule has 1 amide bonds. The molecule has 0 fully saturated rings. The molecule has 6 nitrogen and oxygen atoms in total. The summed E-state index contributed by atoms with van der Waals surface area (Å²) in [6.45, 7) is 6.24. The number of aromatic amines is 1. The molecule has 0 aliphatic rings. The number of rotatable bonds is 2. The number of carbonyl (C=O) groups excluding carboxylic acids is 1. The zero-order chi connectivity index (χ0) is 18.2. The molecular weight excluding hydrogens is 314 g/mol. The molecule has 126 valence electrons. The van der Waals surface area contributed by atoms with Crippen LogP contribution in [0.2, 0.25) is 0 Å². The summed E-state index contributed by atoms with van der Waals surface area (Å²) < 4.78 is 0. The molecule has 6 heteroatoms. The van der Waals surface area contributed by atoms with Crippen molar-refractivity contribution >= 4 is 28.4 Å². The van der Waals surface area contributed by atoms with Crippen molar-refractivity contribution in [2.75, 3.05) is 11.1 Å². The van der Waals surface area contributed by atoms with Gasteiger partial charge in [0.25, 0.3) is 5.91 Å². The Hall–Kier alpha value is -3.33. The molecule has 4 N–H and O–H groups in total. The fourth-order valence-corrected chi connectivity index (χ4v) is 2.59. The van der Waals surface area contributed by atoms with Crippen molar-refractivity contribution < 1.29 is 4.79 Å². The predicted molar refractivity (Wildman–Crippen MR) is 99.3 cm³/mol. The number of carbonyl (C=O) groups is 1. The van der Waals surface area contributed by atoms with Gasteiger partial charge in [0, 0.05) is 17.4 Å². The number of nitrogens with one attached hydrogen (secondary N) is 2. The lowest BCUT2D eigenvalue weighted by molar-refractivity contribution is 0.101. The summed E-state index contributed by atoms with van der Waals surface area (Å²) in [5.74, 6) is 2.38. The van der Waals surface area contributed by atoms with Crippen molar-refractivity contribution in [2.45, 2.75) is 26.2 Å². The van der Waals surface area contributed by atoms with Gasteiger partial charge in [-0.15, -0.1) is 6.42 Å². The highest BCUT2D eigenvalue weighted by Gasteiger charge is 2.23. The molecule has 0 unspecified atom stereocenters. The summed E-state index contributed by atoms with van der Waals surface area (Å²) >= 11 is 0. The van der Waals surface area contributed by atoms with Crippen molar-refractivity contribution in [3.63, 3.8) is 0 Å². The van der Waals surface area contributed by atoms with Gasteiger partial charge < -0.3 is 16.0 Å². The normalized spacial score (nSPS) is 11.3. The highest BCUT2D eigenvalue weighted by Crippen LogP contribution is 2.31. The number of fused-ring (bicyclic) bond motifs is 1. The van der Waals surface area contributed by atoms with E-state index in [-0.39, 0.29) is 17.1 Å². The Balaban J connectivity index is 1.93. The number of terminal acetylenes is 1. The van der Waals surface area contributed by atoms with Crippen LogP contribution in [0.1, 0.15) is 42.5 Å².